The maximum Gasteiger partial charge on any atom is 0.224 e. The van der Waals surface area contributed by atoms with Gasteiger partial charge >= 0.3 is 0 Å². The van der Waals surface area contributed by atoms with Gasteiger partial charge in [-0.25, -0.2) is 0 Å². The largest absolute Gasteiger partial charge is 0.358 e. The van der Waals surface area contributed by atoms with E-state index in [0.717, 1.165) is 18.5 Å². The van der Waals surface area contributed by atoms with E-state index >= 15 is 0 Å². The summed E-state index contributed by atoms with van der Waals surface area (Å²) in [6.07, 6.45) is 1.40. The minimum atomic E-state index is 0.124. The molecule has 15 heavy (non-hydrogen) atoms. The summed E-state index contributed by atoms with van der Waals surface area (Å²) < 4.78 is 0. The molecule has 2 heterocycles. The topological polar surface area (TPSA) is 44.9 Å². The van der Waals surface area contributed by atoms with Gasteiger partial charge in [0.15, 0.2) is 0 Å². The second kappa shape index (κ2) is 3.12. The zero-order valence-corrected chi connectivity index (χ0v) is 8.34. The number of rotatable bonds is 0. The number of carbonyl (C=O) groups excluding carboxylic acids is 1. The van der Waals surface area contributed by atoms with Crippen molar-refractivity contribution in [1.82, 2.24) is 10.3 Å². The van der Waals surface area contributed by atoms with Gasteiger partial charge in [0.1, 0.15) is 0 Å². The molecule has 0 saturated heterocycles. The summed E-state index contributed by atoms with van der Waals surface area (Å²) >= 11 is 0. The second-order valence-electron chi connectivity index (χ2n) is 3.90. The molecule has 0 radical (unpaired) electrons. The second-order valence-corrected chi connectivity index (χ2v) is 3.90. The number of aromatic amines is 1. The fraction of sp³-hybridized carbons (Fsp3) is 0.250. The Morgan fingerprint density at radius 2 is 2.07 bits per heavy atom. The molecule has 3 nitrogen and oxygen atoms in total. The number of nitrogens with one attached hydrogen (secondary N) is 2. The van der Waals surface area contributed by atoms with Crippen molar-refractivity contribution in [3.63, 3.8) is 0 Å². The number of benzene rings is 1. The highest BCUT2D eigenvalue weighted by molar-refractivity contribution is 5.90. The summed E-state index contributed by atoms with van der Waals surface area (Å²) in [6.45, 7) is 0.735. The zero-order valence-electron chi connectivity index (χ0n) is 8.34. The number of fused-ring (bicyclic) bond motifs is 3. The molecule has 1 aromatic carbocycles. The Bertz CT molecular complexity index is 527. The highest BCUT2D eigenvalue weighted by Crippen LogP contribution is 2.24. The third-order valence-electron chi connectivity index (χ3n) is 2.94. The number of carbonyl (C=O) groups is 1. The SMILES string of the molecule is O=C1Cc2c([nH]c3ccccc23)CCN1. The van der Waals surface area contributed by atoms with Crippen molar-refractivity contribution in [3.8, 4) is 0 Å². The Kier molecular flexibility index (Phi) is 1.78. The predicted molar refractivity (Wildman–Crippen MR) is 58.7 cm³/mol. The van der Waals surface area contributed by atoms with Gasteiger partial charge in [0.05, 0.1) is 6.42 Å². The van der Waals surface area contributed by atoms with Crippen molar-refractivity contribution in [2.24, 2.45) is 0 Å². The number of H-pyrrole nitrogens is 1. The molecule has 1 aliphatic rings. The zero-order chi connectivity index (χ0) is 10.3. The maximum atomic E-state index is 11.5. The van der Waals surface area contributed by atoms with Crippen LogP contribution in [-0.4, -0.2) is 17.4 Å². The van der Waals surface area contributed by atoms with E-state index < -0.39 is 0 Å². The molecule has 3 rings (SSSR count). The third-order valence-corrected chi connectivity index (χ3v) is 2.94. The van der Waals surface area contributed by atoms with Crippen LogP contribution < -0.4 is 5.32 Å². The standard InChI is InChI=1S/C12H12N2O/c15-12-7-9-8-3-1-2-4-10(8)14-11(9)5-6-13-12/h1-4,14H,5-7H2,(H,13,15). The molecule has 0 fully saturated rings. The van der Waals surface area contributed by atoms with Gasteiger partial charge in [0.25, 0.3) is 0 Å². The van der Waals surface area contributed by atoms with Crippen molar-refractivity contribution in [2.75, 3.05) is 6.54 Å². The van der Waals surface area contributed by atoms with Crippen LogP contribution in [-0.2, 0) is 17.6 Å². The minimum absolute atomic E-state index is 0.124. The highest BCUT2D eigenvalue weighted by Gasteiger charge is 2.17. The number of para-hydroxylation sites is 1. The first-order chi connectivity index (χ1) is 7.34. The molecule has 1 amide bonds. The van der Waals surface area contributed by atoms with Crippen LogP contribution in [0.25, 0.3) is 10.9 Å². The highest BCUT2D eigenvalue weighted by atomic mass is 16.1. The van der Waals surface area contributed by atoms with Gasteiger partial charge in [-0.2, -0.15) is 0 Å². The molecule has 0 unspecified atom stereocenters. The van der Waals surface area contributed by atoms with Crippen molar-refractivity contribution in [1.29, 1.82) is 0 Å². The molecule has 3 heteroatoms. The van der Waals surface area contributed by atoms with Crippen LogP contribution >= 0.6 is 0 Å². The molecule has 1 aromatic heterocycles. The van der Waals surface area contributed by atoms with Gasteiger partial charge in [-0.1, -0.05) is 18.2 Å². The lowest BCUT2D eigenvalue weighted by Crippen LogP contribution is -2.24. The van der Waals surface area contributed by atoms with E-state index in [1.807, 2.05) is 12.1 Å². The van der Waals surface area contributed by atoms with Crippen molar-refractivity contribution in [3.05, 3.63) is 35.5 Å². The van der Waals surface area contributed by atoms with E-state index in [9.17, 15) is 4.79 Å². The lowest BCUT2D eigenvalue weighted by Gasteiger charge is -1.97. The van der Waals surface area contributed by atoms with E-state index in [-0.39, 0.29) is 5.91 Å². The van der Waals surface area contributed by atoms with Gasteiger partial charge < -0.3 is 10.3 Å². The fourth-order valence-corrected chi connectivity index (χ4v) is 2.22. The van der Waals surface area contributed by atoms with Gasteiger partial charge in [0, 0.05) is 29.6 Å². The van der Waals surface area contributed by atoms with E-state index in [1.54, 1.807) is 0 Å². The summed E-state index contributed by atoms with van der Waals surface area (Å²) in [5, 5.41) is 4.07. The van der Waals surface area contributed by atoms with Crippen LogP contribution in [0.15, 0.2) is 24.3 Å². The number of hydrogen-bond acceptors (Lipinski definition) is 1. The van der Waals surface area contributed by atoms with Crippen LogP contribution in [0, 0.1) is 0 Å². The van der Waals surface area contributed by atoms with Crippen molar-refractivity contribution < 1.29 is 4.79 Å². The summed E-state index contributed by atoms with van der Waals surface area (Å²) in [5.41, 5.74) is 3.51. The molecular formula is C12H12N2O. The minimum Gasteiger partial charge on any atom is -0.358 e. The van der Waals surface area contributed by atoms with Gasteiger partial charge in [-0.15, -0.1) is 0 Å². The monoisotopic (exact) mass is 200 g/mol. The van der Waals surface area contributed by atoms with Crippen molar-refractivity contribution in [2.45, 2.75) is 12.8 Å². The Balaban J connectivity index is 2.24. The Morgan fingerprint density at radius 1 is 1.20 bits per heavy atom. The molecule has 1 aliphatic heterocycles. The third kappa shape index (κ3) is 1.31. The molecule has 0 atom stereocenters. The Hall–Kier alpha value is -1.77. The van der Waals surface area contributed by atoms with Crippen LogP contribution in [0.1, 0.15) is 11.3 Å². The summed E-state index contributed by atoms with van der Waals surface area (Å²) in [7, 11) is 0. The smallest absolute Gasteiger partial charge is 0.224 e. The van der Waals surface area contributed by atoms with E-state index in [0.29, 0.717) is 6.42 Å². The first-order valence-corrected chi connectivity index (χ1v) is 5.20. The van der Waals surface area contributed by atoms with Crippen LogP contribution in [0.3, 0.4) is 0 Å². The molecule has 0 aliphatic carbocycles. The van der Waals surface area contributed by atoms with E-state index in [2.05, 4.69) is 22.4 Å². The average Bonchev–Trinajstić information content (AvgIpc) is 2.47. The van der Waals surface area contributed by atoms with E-state index in [1.165, 1.54) is 16.6 Å². The summed E-state index contributed by atoms with van der Waals surface area (Å²) in [5.74, 6) is 0.124. The summed E-state index contributed by atoms with van der Waals surface area (Å²) in [4.78, 5) is 14.8. The summed E-state index contributed by atoms with van der Waals surface area (Å²) in [6, 6.07) is 8.16. The molecule has 2 N–H and O–H groups in total. The quantitative estimate of drug-likeness (QED) is 0.663. The van der Waals surface area contributed by atoms with Crippen LogP contribution in [0.5, 0.6) is 0 Å². The number of hydrogen-bond donors (Lipinski definition) is 2. The number of aromatic nitrogens is 1. The van der Waals surface area contributed by atoms with Gasteiger partial charge in [0.2, 0.25) is 5.91 Å². The predicted octanol–water partition coefficient (Wildman–Crippen LogP) is 1.38. The molecule has 0 bridgehead atoms. The molecular weight excluding hydrogens is 188 g/mol. The van der Waals surface area contributed by atoms with Crippen LogP contribution in [0.4, 0.5) is 0 Å². The lowest BCUT2D eigenvalue weighted by molar-refractivity contribution is -0.120. The first-order valence-electron chi connectivity index (χ1n) is 5.20. The number of amides is 1. The van der Waals surface area contributed by atoms with Crippen LogP contribution in [0.2, 0.25) is 0 Å². The van der Waals surface area contributed by atoms with Gasteiger partial charge in [-0.05, 0) is 11.6 Å². The fourth-order valence-electron chi connectivity index (χ4n) is 2.22. The van der Waals surface area contributed by atoms with Crippen molar-refractivity contribution >= 4 is 16.8 Å². The van der Waals surface area contributed by atoms with E-state index in [4.69, 9.17) is 0 Å². The molecule has 0 spiro atoms. The Labute approximate surface area is 87.5 Å². The molecule has 76 valence electrons. The average molecular weight is 200 g/mol. The Morgan fingerprint density at radius 3 is 3.00 bits per heavy atom. The normalized spacial score (nSPS) is 15.9. The lowest BCUT2D eigenvalue weighted by atomic mass is 10.1. The molecule has 2 aromatic rings. The maximum absolute atomic E-state index is 11.5. The first kappa shape index (κ1) is 8.53. The molecule has 0 saturated carbocycles. The van der Waals surface area contributed by atoms with Gasteiger partial charge in [-0.3, -0.25) is 4.79 Å².